The van der Waals surface area contributed by atoms with E-state index in [0.29, 0.717) is 45.9 Å². The van der Waals surface area contributed by atoms with Crippen molar-refractivity contribution in [3.05, 3.63) is 0 Å². The van der Waals surface area contributed by atoms with Gasteiger partial charge < -0.3 is 61.9 Å². The Bertz CT molecular complexity index is 1130. The van der Waals surface area contributed by atoms with Crippen LogP contribution in [0.4, 0.5) is 0 Å². The molecule has 13 heteroatoms. The molecule has 0 fully saturated rings. The molecule has 0 bridgehead atoms. The molecule has 0 aliphatic rings. The van der Waals surface area contributed by atoms with E-state index in [0.717, 1.165) is 0 Å². The van der Waals surface area contributed by atoms with Gasteiger partial charge in [-0.3, -0.25) is 0 Å². The van der Waals surface area contributed by atoms with Crippen LogP contribution in [0.15, 0.2) is 0 Å². The van der Waals surface area contributed by atoms with Crippen molar-refractivity contribution in [3.8, 4) is 0 Å². The Kier molecular flexibility index (Phi) is 28.6. The van der Waals surface area contributed by atoms with Crippen molar-refractivity contribution in [2.45, 2.75) is 229 Å². The fourth-order valence-electron chi connectivity index (χ4n) is 5.66. The summed E-state index contributed by atoms with van der Waals surface area (Å²) in [7, 11) is 0. The Labute approximate surface area is 393 Å². The first-order valence-electron chi connectivity index (χ1n) is 24.2. The monoisotopic (exact) mass is 925 g/mol. The first-order chi connectivity index (χ1) is 29.1. The summed E-state index contributed by atoms with van der Waals surface area (Å²) in [5.41, 5.74) is -5.32. The minimum Gasteiger partial charge on any atom is -0.396 e. The first-order valence-corrected chi connectivity index (χ1v) is 24.2. The zero-order chi connectivity index (χ0) is 49.7. The molecule has 0 heterocycles. The van der Waals surface area contributed by atoms with Crippen molar-refractivity contribution in [2.24, 2.45) is 10.8 Å². The summed E-state index contributed by atoms with van der Waals surface area (Å²) in [4.78, 5) is 0. The summed E-state index contributed by atoms with van der Waals surface area (Å²) in [5, 5.41) is 9.97. The Hall–Kier alpha value is -0.520. The number of hydrogen-bond donors (Lipinski definition) is 1. The van der Waals surface area contributed by atoms with Gasteiger partial charge in [-0.15, -0.1) is 0 Å². The van der Waals surface area contributed by atoms with Crippen LogP contribution in [-0.4, -0.2) is 162 Å². The van der Waals surface area contributed by atoms with Gasteiger partial charge in [0.05, 0.1) is 154 Å². The normalized spacial score (nSPS) is 15.2. The second kappa shape index (κ2) is 28.8. The third-order valence-electron chi connectivity index (χ3n) is 10.4. The van der Waals surface area contributed by atoms with Crippen LogP contribution in [0.3, 0.4) is 0 Å². The van der Waals surface area contributed by atoms with Crippen LogP contribution >= 0.6 is 0 Å². The van der Waals surface area contributed by atoms with E-state index in [-0.39, 0.29) is 90.0 Å². The Balaban J connectivity index is 7.44. The molecule has 64 heavy (non-hydrogen) atoms. The third kappa shape index (κ3) is 31.5. The molecule has 0 spiro atoms. The Morgan fingerprint density at radius 3 is 0.766 bits per heavy atom. The van der Waals surface area contributed by atoms with Gasteiger partial charge in [0.2, 0.25) is 0 Å². The predicted octanol–water partition coefficient (Wildman–Crippen LogP) is 9.64. The molecule has 0 saturated carbocycles. The van der Waals surface area contributed by atoms with Gasteiger partial charge in [-0.25, -0.2) is 0 Å². The standard InChI is InChI=1S/C51H104O13/c1-39(2)54-26-24-45(13,14)60-34-50(33-59-44(11,12)23-25-52,35-61-46(15,16)27-55-40(3)4)31-53-32-51(36-62-47(17,18)28-56-41(5)6,37-63-48(19,20)29-57-42(7)8)38-64-49(21,22)30-58-43(9)10/h39-43,52H,23-38H2,1-22H3. The maximum atomic E-state index is 9.97. The van der Waals surface area contributed by atoms with Gasteiger partial charge in [0.1, 0.15) is 0 Å². The molecule has 0 aromatic carbocycles. The molecule has 0 aliphatic heterocycles. The van der Waals surface area contributed by atoms with E-state index in [1.54, 1.807) is 0 Å². The fraction of sp³-hybridized carbons (Fsp3) is 1.00. The maximum absolute atomic E-state index is 9.97. The van der Waals surface area contributed by atoms with Crippen LogP contribution in [-0.2, 0) is 56.8 Å². The molecule has 13 nitrogen and oxygen atoms in total. The molecule has 0 radical (unpaired) electrons. The molecular weight excluding hydrogens is 821 g/mol. The lowest BCUT2D eigenvalue weighted by molar-refractivity contribution is -0.212. The summed E-state index contributed by atoms with van der Waals surface area (Å²) < 4.78 is 78.0. The molecule has 1 unspecified atom stereocenters. The molecule has 0 aliphatic carbocycles. The first kappa shape index (κ1) is 63.5. The van der Waals surface area contributed by atoms with Crippen LogP contribution in [0.25, 0.3) is 0 Å². The minimum absolute atomic E-state index is 0.00978. The highest BCUT2D eigenvalue weighted by Crippen LogP contribution is 2.33. The van der Waals surface area contributed by atoms with Crippen LogP contribution in [0.2, 0.25) is 0 Å². The van der Waals surface area contributed by atoms with Crippen molar-refractivity contribution in [1.29, 1.82) is 0 Å². The van der Waals surface area contributed by atoms with E-state index < -0.39 is 44.4 Å². The summed E-state index contributed by atoms with van der Waals surface area (Å²) in [5.74, 6) is 0. The Morgan fingerprint density at radius 2 is 0.531 bits per heavy atom. The third-order valence-corrected chi connectivity index (χ3v) is 10.4. The van der Waals surface area contributed by atoms with Crippen LogP contribution < -0.4 is 0 Å². The number of ether oxygens (including phenoxy) is 12. The minimum atomic E-state index is -0.818. The van der Waals surface area contributed by atoms with Gasteiger partial charge in [-0.2, -0.15) is 0 Å². The van der Waals surface area contributed by atoms with Crippen molar-refractivity contribution in [2.75, 3.05) is 92.5 Å². The van der Waals surface area contributed by atoms with Gasteiger partial charge in [-0.05, 0) is 165 Å². The molecular formula is C51H104O13. The number of hydrogen-bond acceptors (Lipinski definition) is 13. The SMILES string of the molecule is CC(C)OCCC(C)(C)OCC(COCC(COC(C)(C)COC(C)C)(COC(C)(C)COC(C)C)COC(C)(C)COC(C)C)(COC(C)(C)CCO)COC(C)(C)COC(C)C. The van der Waals surface area contributed by atoms with E-state index in [1.165, 1.54) is 0 Å². The van der Waals surface area contributed by atoms with Gasteiger partial charge in [0, 0.05) is 13.2 Å². The van der Waals surface area contributed by atoms with E-state index in [1.807, 2.05) is 138 Å². The molecule has 0 aromatic rings. The van der Waals surface area contributed by atoms with Crippen molar-refractivity contribution < 1.29 is 61.9 Å². The summed E-state index contributed by atoms with van der Waals surface area (Å²) in [6, 6.07) is 0. The van der Waals surface area contributed by atoms with E-state index in [9.17, 15) is 5.11 Å². The highest BCUT2D eigenvalue weighted by Gasteiger charge is 2.43. The van der Waals surface area contributed by atoms with Gasteiger partial charge in [0.15, 0.2) is 0 Å². The smallest absolute Gasteiger partial charge is 0.0859 e. The number of rotatable bonds is 40. The molecule has 0 aromatic heterocycles. The van der Waals surface area contributed by atoms with E-state index >= 15 is 0 Å². The lowest BCUT2D eigenvalue weighted by Gasteiger charge is -2.43. The molecule has 386 valence electrons. The molecule has 1 N–H and O–H groups in total. The predicted molar refractivity (Wildman–Crippen MR) is 258 cm³/mol. The topological polar surface area (TPSA) is 131 Å². The van der Waals surface area contributed by atoms with E-state index in [2.05, 4.69) is 13.8 Å². The van der Waals surface area contributed by atoms with Crippen molar-refractivity contribution >= 4 is 0 Å². The second-order valence-electron chi connectivity index (χ2n) is 23.4. The highest BCUT2D eigenvalue weighted by atomic mass is 16.6. The zero-order valence-corrected chi connectivity index (χ0v) is 45.5. The van der Waals surface area contributed by atoms with Gasteiger partial charge in [-0.1, -0.05) is 0 Å². The highest BCUT2D eigenvalue weighted by molar-refractivity contribution is 4.89. The molecule has 1 atom stereocenters. The average Bonchev–Trinajstić information content (AvgIpc) is 3.16. The van der Waals surface area contributed by atoms with Crippen LogP contribution in [0.1, 0.15) is 165 Å². The average molecular weight is 925 g/mol. The lowest BCUT2D eigenvalue weighted by Crippen LogP contribution is -2.51. The summed E-state index contributed by atoms with van der Waals surface area (Å²) in [6.07, 6.45) is 1.43. The summed E-state index contributed by atoms with van der Waals surface area (Å²) in [6.45, 7) is 48.6. The molecule has 0 saturated heterocycles. The van der Waals surface area contributed by atoms with Gasteiger partial charge in [0.25, 0.3) is 0 Å². The molecule has 0 amide bonds. The summed E-state index contributed by atoms with van der Waals surface area (Å²) >= 11 is 0. The van der Waals surface area contributed by atoms with E-state index in [4.69, 9.17) is 56.8 Å². The molecule has 0 rings (SSSR count). The number of aliphatic hydroxyl groups excluding tert-OH is 1. The van der Waals surface area contributed by atoms with Crippen LogP contribution in [0, 0.1) is 10.8 Å². The Morgan fingerprint density at radius 1 is 0.297 bits per heavy atom. The van der Waals surface area contributed by atoms with Crippen molar-refractivity contribution in [3.63, 3.8) is 0 Å². The quantitative estimate of drug-likeness (QED) is 0.0627. The fourth-order valence-corrected chi connectivity index (χ4v) is 5.66. The zero-order valence-electron chi connectivity index (χ0n) is 45.5. The van der Waals surface area contributed by atoms with Crippen molar-refractivity contribution in [1.82, 2.24) is 0 Å². The lowest BCUT2D eigenvalue weighted by atomic mass is 9.88. The van der Waals surface area contributed by atoms with Crippen LogP contribution in [0.5, 0.6) is 0 Å². The second-order valence-corrected chi connectivity index (χ2v) is 23.4. The largest absolute Gasteiger partial charge is 0.396 e. The maximum Gasteiger partial charge on any atom is 0.0859 e. The van der Waals surface area contributed by atoms with Gasteiger partial charge >= 0.3 is 0 Å². The number of aliphatic hydroxyl groups is 1.